The molecule has 0 aromatic heterocycles. The Morgan fingerprint density at radius 3 is 1.71 bits per heavy atom. The summed E-state index contributed by atoms with van der Waals surface area (Å²) < 4.78 is 80.7. The maximum atomic E-state index is 12.1. The molecule has 9 heteroatoms. The molecule has 0 saturated carbocycles. The van der Waals surface area contributed by atoms with E-state index in [0.717, 1.165) is 12.1 Å². The number of hydrogen-bond donors (Lipinski definition) is 0. The van der Waals surface area contributed by atoms with Crippen LogP contribution in [0, 0.1) is 6.92 Å². The Hall–Kier alpha value is -1.09. The molecule has 0 amide bonds. The second kappa shape index (κ2) is 3.98. The van der Waals surface area contributed by atoms with Crippen LogP contribution in [0.1, 0.15) is 5.56 Å². The second-order valence-electron chi connectivity index (χ2n) is 3.17. The third-order valence-electron chi connectivity index (χ3n) is 1.88. The maximum Gasteiger partial charge on any atom is 0.512 e. The highest BCUT2D eigenvalue weighted by Gasteiger charge is 2.55. The molecule has 0 unspecified atom stereocenters. The summed E-state index contributed by atoms with van der Waals surface area (Å²) in [5.41, 5.74) is -5.25. The third kappa shape index (κ3) is 2.29. The molecule has 0 spiro atoms. The summed E-state index contributed by atoms with van der Waals surface area (Å²) in [4.78, 5) is -0.902. The molecule has 96 valence electrons. The Balaban J connectivity index is 3.46. The van der Waals surface area contributed by atoms with Crippen LogP contribution in [0.25, 0.3) is 0 Å². The zero-order valence-electron chi connectivity index (χ0n) is 8.39. The lowest BCUT2D eigenvalue weighted by Crippen LogP contribution is -2.30. The topological polar surface area (TPSA) is 68.3 Å². The Morgan fingerprint density at radius 2 is 1.35 bits per heavy atom. The molecule has 1 aromatic carbocycles. The van der Waals surface area contributed by atoms with E-state index in [2.05, 4.69) is 0 Å². The number of alkyl halides is 3. The average molecular weight is 288 g/mol. The Bertz CT molecular complexity index is 612. The first-order valence-electron chi connectivity index (χ1n) is 4.13. The summed E-state index contributed by atoms with van der Waals surface area (Å²) in [5.74, 6) is 0. The molecule has 0 aliphatic rings. The third-order valence-corrected chi connectivity index (χ3v) is 6.75. The van der Waals surface area contributed by atoms with Gasteiger partial charge in [0.25, 0.3) is 8.87 Å². The molecular formula is C8H7F3O4S2. The van der Waals surface area contributed by atoms with E-state index >= 15 is 0 Å². The largest absolute Gasteiger partial charge is 0.512 e. The summed E-state index contributed by atoms with van der Waals surface area (Å²) in [6.07, 6.45) is 0. The summed E-state index contributed by atoms with van der Waals surface area (Å²) in [6.45, 7) is 1.58. The van der Waals surface area contributed by atoms with Crippen molar-refractivity contribution in [3.05, 3.63) is 29.8 Å². The van der Waals surface area contributed by atoms with Crippen LogP contribution in [-0.4, -0.2) is 22.3 Å². The van der Waals surface area contributed by atoms with Crippen molar-refractivity contribution in [3.8, 4) is 0 Å². The van der Waals surface area contributed by atoms with E-state index in [1.54, 1.807) is 6.92 Å². The van der Waals surface area contributed by atoms with Gasteiger partial charge in [-0.1, -0.05) is 17.7 Å². The second-order valence-corrected chi connectivity index (χ2v) is 8.55. The van der Waals surface area contributed by atoms with Crippen LogP contribution >= 0.6 is 0 Å². The smallest absolute Gasteiger partial charge is 0.207 e. The van der Waals surface area contributed by atoms with E-state index in [-0.39, 0.29) is 0 Å². The van der Waals surface area contributed by atoms with Gasteiger partial charge in [0, 0.05) is 0 Å². The van der Waals surface area contributed by atoms with Crippen molar-refractivity contribution in [1.29, 1.82) is 0 Å². The molecule has 4 nitrogen and oxygen atoms in total. The van der Waals surface area contributed by atoms with E-state index in [1.165, 1.54) is 12.1 Å². The van der Waals surface area contributed by atoms with Crippen molar-refractivity contribution >= 4 is 17.7 Å². The summed E-state index contributed by atoms with van der Waals surface area (Å²) in [5, 5.41) is 0. The number of hydrogen-bond acceptors (Lipinski definition) is 4. The summed E-state index contributed by atoms with van der Waals surface area (Å²) in [6, 6.07) is 4.04. The van der Waals surface area contributed by atoms with Crippen LogP contribution in [0.2, 0.25) is 0 Å². The van der Waals surface area contributed by atoms with Gasteiger partial charge in [0.1, 0.15) is 0 Å². The SMILES string of the molecule is Cc1ccc(S(=O)(=O)S(=O)(=O)C(F)(F)F)cc1. The predicted octanol–water partition coefficient (Wildman–Crippen LogP) is 1.62. The van der Waals surface area contributed by atoms with Gasteiger partial charge >= 0.3 is 14.4 Å². The fraction of sp³-hybridized carbons (Fsp3) is 0.250. The minimum Gasteiger partial charge on any atom is -0.207 e. The number of aryl methyl sites for hydroxylation is 1. The lowest BCUT2D eigenvalue weighted by molar-refractivity contribution is -0.0412. The molecule has 0 fully saturated rings. The molecule has 0 aliphatic carbocycles. The van der Waals surface area contributed by atoms with Gasteiger partial charge in [-0.2, -0.15) is 13.2 Å². The monoisotopic (exact) mass is 288 g/mol. The molecule has 1 rings (SSSR count). The van der Waals surface area contributed by atoms with Gasteiger partial charge in [0.05, 0.1) is 4.90 Å². The minimum absolute atomic E-state index is 0.591. The van der Waals surface area contributed by atoms with E-state index < -0.39 is 28.1 Å². The first-order chi connectivity index (χ1) is 7.50. The van der Waals surface area contributed by atoms with E-state index in [4.69, 9.17) is 0 Å². The van der Waals surface area contributed by atoms with Crippen molar-refractivity contribution in [2.45, 2.75) is 17.3 Å². The lowest BCUT2D eigenvalue weighted by Gasteiger charge is -2.08. The highest BCUT2D eigenvalue weighted by molar-refractivity contribution is 8.67. The summed E-state index contributed by atoms with van der Waals surface area (Å²) >= 11 is 0. The molecule has 1 aromatic rings. The van der Waals surface area contributed by atoms with Gasteiger partial charge < -0.3 is 0 Å². The molecule has 0 N–H and O–H groups in total. The highest BCUT2D eigenvalue weighted by atomic mass is 33.2. The van der Waals surface area contributed by atoms with Crippen molar-refractivity contribution in [2.24, 2.45) is 0 Å². The molecule has 0 saturated heterocycles. The fourth-order valence-corrected chi connectivity index (χ4v) is 3.77. The van der Waals surface area contributed by atoms with Crippen molar-refractivity contribution < 1.29 is 30.0 Å². The molecule has 0 atom stereocenters. The van der Waals surface area contributed by atoms with E-state index in [1.807, 2.05) is 0 Å². The first-order valence-corrected chi connectivity index (χ1v) is 7.61. The van der Waals surface area contributed by atoms with Crippen LogP contribution in [0.15, 0.2) is 29.2 Å². The average Bonchev–Trinajstić information content (AvgIpc) is 2.16. The van der Waals surface area contributed by atoms with Crippen LogP contribution in [0.3, 0.4) is 0 Å². The van der Waals surface area contributed by atoms with Crippen LogP contribution in [0.4, 0.5) is 13.2 Å². The molecular weight excluding hydrogens is 281 g/mol. The van der Waals surface area contributed by atoms with Crippen LogP contribution < -0.4 is 0 Å². The molecule has 0 heterocycles. The zero-order valence-corrected chi connectivity index (χ0v) is 10.0. The Morgan fingerprint density at radius 1 is 0.941 bits per heavy atom. The normalized spacial score (nSPS) is 13.6. The fourth-order valence-electron chi connectivity index (χ4n) is 0.956. The Kier molecular flexibility index (Phi) is 3.27. The molecule has 0 aliphatic heterocycles. The number of benzene rings is 1. The van der Waals surface area contributed by atoms with Crippen LogP contribution in [-0.2, 0) is 17.7 Å². The van der Waals surface area contributed by atoms with Gasteiger partial charge in [0.15, 0.2) is 0 Å². The lowest BCUT2D eigenvalue weighted by atomic mass is 10.2. The van der Waals surface area contributed by atoms with Gasteiger partial charge in [-0.25, -0.2) is 16.8 Å². The molecule has 0 bridgehead atoms. The van der Waals surface area contributed by atoms with Crippen molar-refractivity contribution in [2.75, 3.05) is 0 Å². The highest BCUT2D eigenvalue weighted by Crippen LogP contribution is 2.32. The van der Waals surface area contributed by atoms with E-state index in [9.17, 15) is 30.0 Å². The zero-order chi connectivity index (χ0) is 13.5. The first kappa shape index (κ1) is 14.0. The van der Waals surface area contributed by atoms with Crippen LogP contribution in [0.5, 0.6) is 0 Å². The van der Waals surface area contributed by atoms with Gasteiger partial charge in [-0.3, -0.25) is 0 Å². The van der Waals surface area contributed by atoms with Gasteiger partial charge in [-0.15, -0.1) is 0 Å². The quantitative estimate of drug-likeness (QED) is 0.775. The standard InChI is InChI=1S/C8H7F3O4S2/c1-6-2-4-7(5-3-6)16(12,13)17(14,15)8(9,10)11/h2-5H,1H3. The van der Waals surface area contributed by atoms with Crippen molar-refractivity contribution in [3.63, 3.8) is 0 Å². The van der Waals surface area contributed by atoms with E-state index in [0.29, 0.717) is 5.56 Å². The molecule has 17 heavy (non-hydrogen) atoms. The van der Waals surface area contributed by atoms with Gasteiger partial charge in [-0.05, 0) is 19.1 Å². The predicted molar refractivity (Wildman–Crippen MR) is 53.3 cm³/mol. The number of halogens is 3. The number of rotatable bonds is 2. The maximum absolute atomic E-state index is 12.1. The minimum atomic E-state index is -6.27. The van der Waals surface area contributed by atoms with Crippen molar-refractivity contribution in [1.82, 2.24) is 0 Å². The Labute approximate surface area is 95.3 Å². The molecule has 0 radical (unpaired) electrons. The van der Waals surface area contributed by atoms with Gasteiger partial charge in [0.2, 0.25) is 0 Å². The summed E-state index contributed by atoms with van der Waals surface area (Å²) in [7, 11) is -11.7.